The second kappa shape index (κ2) is 9.12. The molecule has 2 aromatic carbocycles. The van der Waals surface area contributed by atoms with Crippen LogP contribution in [0.4, 0.5) is 10.8 Å². The first-order valence-electron chi connectivity index (χ1n) is 8.32. The number of hydrogen-bond acceptors (Lipinski definition) is 7. The third-order valence-electron chi connectivity index (χ3n) is 3.82. The third-order valence-corrected chi connectivity index (χ3v) is 7.66. The first kappa shape index (κ1) is 21.6. The fourth-order valence-corrected chi connectivity index (χ4v) is 5.20. The van der Waals surface area contributed by atoms with Crippen molar-refractivity contribution in [1.29, 1.82) is 0 Å². The van der Waals surface area contributed by atoms with Crippen LogP contribution in [0.15, 0.2) is 57.8 Å². The van der Waals surface area contributed by atoms with E-state index in [1.165, 1.54) is 41.3 Å². The minimum absolute atomic E-state index is 0.0801. The van der Waals surface area contributed by atoms with E-state index in [0.29, 0.717) is 14.5 Å². The number of amides is 1. The summed E-state index contributed by atoms with van der Waals surface area (Å²) in [5, 5.41) is 11.0. The van der Waals surface area contributed by atoms with Crippen LogP contribution in [-0.4, -0.2) is 37.3 Å². The molecule has 0 spiro atoms. The van der Waals surface area contributed by atoms with E-state index in [2.05, 4.69) is 15.5 Å². The zero-order chi connectivity index (χ0) is 21.0. The predicted molar refractivity (Wildman–Crippen MR) is 117 cm³/mol. The molecule has 1 heterocycles. The highest BCUT2D eigenvalue weighted by Gasteiger charge is 2.27. The van der Waals surface area contributed by atoms with E-state index < -0.39 is 22.5 Å². The lowest BCUT2D eigenvalue weighted by atomic mass is 10.2. The molecule has 0 aliphatic rings. The van der Waals surface area contributed by atoms with Gasteiger partial charge in [0.25, 0.3) is 10.0 Å². The van der Waals surface area contributed by atoms with Gasteiger partial charge in [0.2, 0.25) is 11.0 Å². The molecule has 3 rings (SSSR count). The fraction of sp³-hybridized carbons (Fsp3) is 0.167. The van der Waals surface area contributed by atoms with Gasteiger partial charge in [-0.1, -0.05) is 58.5 Å². The van der Waals surface area contributed by atoms with Crippen LogP contribution in [-0.2, 0) is 14.8 Å². The Kier molecular flexibility index (Phi) is 6.78. The molecular weight excluding hydrogens is 452 g/mol. The van der Waals surface area contributed by atoms with E-state index >= 15 is 0 Å². The molecule has 0 aliphatic heterocycles. The number of sulfonamides is 1. The zero-order valence-corrected chi connectivity index (χ0v) is 18.7. The van der Waals surface area contributed by atoms with E-state index in [-0.39, 0.29) is 10.6 Å². The molecule has 1 aromatic heterocycles. The normalized spacial score (nSPS) is 11.3. The van der Waals surface area contributed by atoms with Crippen molar-refractivity contribution in [2.24, 2.45) is 0 Å². The van der Waals surface area contributed by atoms with Crippen LogP contribution in [0.2, 0.25) is 5.02 Å². The minimum Gasteiger partial charge on any atom is -0.299 e. The van der Waals surface area contributed by atoms with Crippen LogP contribution in [0.5, 0.6) is 0 Å². The molecule has 0 bridgehead atoms. The van der Waals surface area contributed by atoms with E-state index in [1.54, 1.807) is 30.3 Å². The number of nitrogens with one attached hydrogen (secondary N) is 1. The average molecular weight is 469 g/mol. The average Bonchev–Trinajstić information content (AvgIpc) is 3.14. The minimum atomic E-state index is -4.00. The van der Waals surface area contributed by atoms with Crippen molar-refractivity contribution in [1.82, 2.24) is 10.2 Å². The molecule has 0 atom stereocenters. The number of hydrogen-bond donors (Lipinski definition) is 1. The molecule has 29 heavy (non-hydrogen) atoms. The maximum Gasteiger partial charge on any atom is 0.264 e. The van der Waals surface area contributed by atoms with E-state index in [0.717, 1.165) is 9.87 Å². The second-order valence-electron chi connectivity index (χ2n) is 5.93. The lowest BCUT2D eigenvalue weighted by Gasteiger charge is -2.24. The molecule has 0 saturated heterocycles. The number of nitrogens with zero attached hydrogens (tertiary/aromatic N) is 3. The molecule has 11 heteroatoms. The van der Waals surface area contributed by atoms with Crippen molar-refractivity contribution in [2.75, 3.05) is 22.4 Å². The number of aryl methyl sites for hydroxylation is 1. The summed E-state index contributed by atoms with van der Waals surface area (Å²) >= 11 is 8.67. The molecule has 0 saturated carbocycles. The molecule has 1 N–H and O–H groups in total. The fourth-order valence-electron chi connectivity index (χ4n) is 2.42. The smallest absolute Gasteiger partial charge is 0.264 e. The van der Waals surface area contributed by atoms with Crippen LogP contribution < -0.4 is 9.62 Å². The number of halogens is 1. The largest absolute Gasteiger partial charge is 0.299 e. The number of benzene rings is 2. The summed E-state index contributed by atoms with van der Waals surface area (Å²) in [7, 11) is -4.00. The summed E-state index contributed by atoms with van der Waals surface area (Å²) in [6.45, 7) is 1.42. The van der Waals surface area contributed by atoms with Gasteiger partial charge in [-0.25, -0.2) is 8.42 Å². The standard InChI is InChI=1S/C18H17ClN4O3S3/c1-12-6-8-15(9-7-12)29(25,26)23(14-5-3-4-13(19)10-14)11-16(24)20-17-21-22-18(27-2)28-17/h3-10H,11H2,1-2H3,(H,20,21,24). The van der Waals surface area contributed by atoms with Crippen molar-refractivity contribution in [3.63, 3.8) is 0 Å². The van der Waals surface area contributed by atoms with Crippen molar-refractivity contribution >= 4 is 61.4 Å². The van der Waals surface area contributed by atoms with Gasteiger partial charge in [-0.2, -0.15) is 0 Å². The second-order valence-corrected chi connectivity index (χ2v) is 10.3. The van der Waals surface area contributed by atoms with Gasteiger partial charge in [0.1, 0.15) is 6.54 Å². The van der Waals surface area contributed by atoms with Crippen LogP contribution in [0, 0.1) is 6.92 Å². The highest BCUT2D eigenvalue weighted by atomic mass is 35.5. The van der Waals surface area contributed by atoms with Gasteiger partial charge in [0.15, 0.2) is 4.34 Å². The summed E-state index contributed by atoms with van der Waals surface area (Å²) in [5.74, 6) is -0.538. The van der Waals surface area contributed by atoms with Crippen LogP contribution in [0.25, 0.3) is 0 Å². The molecule has 0 radical (unpaired) electrons. The van der Waals surface area contributed by atoms with Crippen LogP contribution >= 0.6 is 34.7 Å². The number of anilines is 2. The summed E-state index contributed by atoms with van der Waals surface area (Å²) < 4.78 is 28.3. The Hall–Kier alpha value is -2.14. The first-order valence-corrected chi connectivity index (χ1v) is 12.2. The van der Waals surface area contributed by atoms with E-state index in [9.17, 15) is 13.2 Å². The monoisotopic (exact) mass is 468 g/mol. The number of thioether (sulfide) groups is 1. The molecule has 0 fully saturated rings. The van der Waals surface area contributed by atoms with Gasteiger partial charge in [-0.05, 0) is 43.5 Å². The van der Waals surface area contributed by atoms with Crippen LogP contribution in [0.3, 0.4) is 0 Å². The van der Waals surface area contributed by atoms with Gasteiger partial charge < -0.3 is 0 Å². The summed E-state index contributed by atoms with van der Waals surface area (Å²) in [6.07, 6.45) is 1.85. The SMILES string of the molecule is CSc1nnc(NC(=O)CN(c2cccc(Cl)c2)S(=O)(=O)c2ccc(C)cc2)s1. The van der Waals surface area contributed by atoms with Crippen molar-refractivity contribution in [3.8, 4) is 0 Å². The number of carbonyl (C=O) groups excluding carboxylic acids is 1. The van der Waals surface area contributed by atoms with Gasteiger partial charge in [-0.15, -0.1) is 10.2 Å². The van der Waals surface area contributed by atoms with Gasteiger partial charge in [0, 0.05) is 5.02 Å². The summed E-state index contributed by atoms with van der Waals surface area (Å²) in [5.41, 5.74) is 1.21. The predicted octanol–water partition coefficient (Wildman–Crippen LogP) is 4.06. The maximum absolute atomic E-state index is 13.3. The van der Waals surface area contributed by atoms with E-state index in [4.69, 9.17) is 11.6 Å². The molecule has 3 aromatic rings. The zero-order valence-electron chi connectivity index (χ0n) is 15.5. The molecule has 1 amide bonds. The Balaban J connectivity index is 1.92. The number of carbonyl (C=O) groups is 1. The Bertz CT molecular complexity index is 1120. The lowest BCUT2D eigenvalue weighted by molar-refractivity contribution is -0.114. The Morgan fingerprint density at radius 1 is 1.21 bits per heavy atom. The topological polar surface area (TPSA) is 92.3 Å². The van der Waals surface area contributed by atoms with Gasteiger partial charge in [-0.3, -0.25) is 14.4 Å². The Morgan fingerprint density at radius 3 is 2.55 bits per heavy atom. The van der Waals surface area contributed by atoms with E-state index in [1.807, 2.05) is 13.2 Å². The number of aromatic nitrogens is 2. The maximum atomic E-state index is 13.3. The third kappa shape index (κ3) is 5.27. The summed E-state index contributed by atoms with van der Waals surface area (Å²) in [6, 6.07) is 12.8. The van der Waals surface area contributed by atoms with Gasteiger partial charge in [0.05, 0.1) is 10.6 Å². The quantitative estimate of drug-likeness (QED) is 0.415. The molecule has 0 aliphatic carbocycles. The highest BCUT2D eigenvalue weighted by molar-refractivity contribution is 8.00. The van der Waals surface area contributed by atoms with Crippen LogP contribution in [0.1, 0.15) is 5.56 Å². The van der Waals surface area contributed by atoms with Crippen molar-refractivity contribution in [3.05, 3.63) is 59.1 Å². The molecule has 7 nitrogen and oxygen atoms in total. The Morgan fingerprint density at radius 2 is 1.93 bits per heavy atom. The first-order chi connectivity index (χ1) is 13.8. The molecule has 152 valence electrons. The van der Waals surface area contributed by atoms with Crippen molar-refractivity contribution in [2.45, 2.75) is 16.2 Å². The molecule has 0 unspecified atom stereocenters. The Labute approximate surface area is 182 Å². The van der Waals surface area contributed by atoms with Crippen molar-refractivity contribution < 1.29 is 13.2 Å². The van der Waals surface area contributed by atoms with Gasteiger partial charge >= 0.3 is 0 Å². The highest BCUT2D eigenvalue weighted by Crippen LogP contribution is 2.27. The number of rotatable bonds is 7. The molecular formula is C18H17ClN4O3S3. The summed E-state index contributed by atoms with van der Waals surface area (Å²) in [4.78, 5) is 12.7. The lowest BCUT2D eigenvalue weighted by Crippen LogP contribution is -2.38.